The van der Waals surface area contributed by atoms with Crippen molar-refractivity contribution in [2.24, 2.45) is 0 Å². The highest BCUT2D eigenvalue weighted by molar-refractivity contribution is 7.87. The lowest BCUT2D eigenvalue weighted by atomic mass is 10.1. The molecule has 9 nitrogen and oxygen atoms in total. The zero-order chi connectivity index (χ0) is 21.6. The van der Waals surface area contributed by atoms with Crippen molar-refractivity contribution in [3.05, 3.63) is 35.3 Å². The molecule has 0 saturated heterocycles. The number of hydrogen-bond acceptors (Lipinski definition) is 8. The molecule has 0 saturated carbocycles. The normalized spacial score (nSPS) is 15.0. The zero-order valence-corrected chi connectivity index (χ0v) is 17.3. The molecule has 0 aliphatic carbocycles. The van der Waals surface area contributed by atoms with E-state index in [1.807, 2.05) is 0 Å². The number of hydrogen-bond donors (Lipinski definition) is 2. The highest BCUT2D eigenvalue weighted by Gasteiger charge is 2.24. The SMILES string of the molecule is CC(O)COC(C)COC(C)COS(=O)(=O)c1cccc2c(O)c([N+]#N)ccc12. The summed E-state index contributed by atoms with van der Waals surface area (Å²) in [5.74, 6) is -0.329. The molecule has 3 unspecified atom stereocenters. The lowest BCUT2D eigenvalue weighted by molar-refractivity contribution is -0.0596. The van der Waals surface area contributed by atoms with Crippen molar-refractivity contribution in [2.45, 2.75) is 44.0 Å². The number of ether oxygens (including phenoxy) is 2. The van der Waals surface area contributed by atoms with Crippen LogP contribution in [0.4, 0.5) is 5.69 Å². The van der Waals surface area contributed by atoms with Crippen molar-refractivity contribution in [3.63, 3.8) is 0 Å². The Morgan fingerprint density at radius 1 is 1.00 bits per heavy atom. The van der Waals surface area contributed by atoms with Crippen LogP contribution in [0.2, 0.25) is 0 Å². The summed E-state index contributed by atoms with van der Waals surface area (Å²) in [5.41, 5.74) is -0.0677. The molecule has 2 N–H and O–H groups in total. The molecular formula is C19H25N2O7S+. The number of aliphatic hydroxyl groups excluding tert-OH is 1. The second kappa shape index (κ2) is 9.96. The number of fused-ring (bicyclic) bond motifs is 1. The van der Waals surface area contributed by atoms with Crippen molar-refractivity contribution in [2.75, 3.05) is 19.8 Å². The molecule has 158 valence electrons. The van der Waals surface area contributed by atoms with Crippen molar-refractivity contribution < 1.29 is 32.3 Å². The molecule has 0 radical (unpaired) electrons. The van der Waals surface area contributed by atoms with Gasteiger partial charge in [-0.05, 0) is 32.9 Å². The van der Waals surface area contributed by atoms with E-state index in [1.165, 1.54) is 30.3 Å². The van der Waals surface area contributed by atoms with Crippen molar-refractivity contribution >= 4 is 26.6 Å². The molecule has 0 spiro atoms. The van der Waals surface area contributed by atoms with Gasteiger partial charge in [-0.15, -0.1) is 0 Å². The molecule has 0 bridgehead atoms. The standard InChI is InChI=1S/C19H24N2O7S/c1-12(22)9-26-13(2)10-27-14(3)11-28-29(24,25)18-6-4-5-16-15(18)7-8-17(21-20)19(16)23/h4-8,12-14,22H,9-11H2,1-3H3/p+1. The Morgan fingerprint density at radius 3 is 2.31 bits per heavy atom. The molecule has 2 rings (SSSR count). The fourth-order valence-corrected chi connectivity index (χ4v) is 3.74. The Labute approximate surface area is 169 Å². The third-order valence-corrected chi connectivity index (χ3v) is 5.39. The fraction of sp³-hybridized carbons (Fsp3) is 0.474. The highest BCUT2D eigenvalue weighted by atomic mass is 32.2. The minimum absolute atomic E-state index is 0.0677. The number of phenols is 1. The predicted octanol–water partition coefficient (Wildman–Crippen LogP) is 2.93. The molecular weight excluding hydrogens is 400 g/mol. The van der Waals surface area contributed by atoms with Crippen LogP contribution < -0.4 is 0 Å². The number of aliphatic hydroxyl groups is 1. The van der Waals surface area contributed by atoms with Gasteiger partial charge in [0.25, 0.3) is 10.1 Å². The molecule has 0 aliphatic heterocycles. The van der Waals surface area contributed by atoms with Crippen LogP contribution in [0.15, 0.2) is 35.2 Å². The second-order valence-electron chi connectivity index (χ2n) is 6.76. The Morgan fingerprint density at radius 2 is 1.66 bits per heavy atom. The molecule has 0 aromatic heterocycles. The zero-order valence-electron chi connectivity index (χ0n) is 16.5. The topological polar surface area (TPSA) is 130 Å². The number of diazo groups is 1. The quantitative estimate of drug-likeness (QED) is 0.439. The van der Waals surface area contributed by atoms with E-state index in [-0.39, 0.29) is 53.0 Å². The van der Waals surface area contributed by atoms with E-state index in [2.05, 4.69) is 4.98 Å². The maximum Gasteiger partial charge on any atom is 0.426 e. The number of aromatic hydroxyl groups is 1. The predicted molar refractivity (Wildman–Crippen MR) is 106 cm³/mol. The van der Waals surface area contributed by atoms with E-state index in [9.17, 15) is 18.6 Å². The van der Waals surface area contributed by atoms with Gasteiger partial charge in [-0.1, -0.05) is 12.1 Å². The minimum Gasteiger partial charge on any atom is -0.501 e. The van der Waals surface area contributed by atoms with E-state index < -0.39 is 22.3 Å². The maximum absolute atomic E-state index is 12.6. The summed E-state index contributed by atoms with van der Waals surface area (Å²) in [4.78, 5) is 2.84. The third kappa shape index (κ3) is 6.09. The summed E-state index contributed by atoms with van der Waals surface area (Å²) in [6.45, 7) is 5.25. The number of benzene rings is 2. The summed E-state index contributed by atoms with van der Waals surface area (Å²) in [7, 11) is -4.13. The third-order valence-electron chi connectivity index (χ3n) is 4.04. The molecule has 0 aliphatic rings. The molecule has 2 aromatic carbocycles. The van der Waals surface area contributed by atoms with Crippen LogP contribution in [0.1, 0.15) is 20.8 Å². The van der Waals surface area contributed by atoms with E-state index in [4.69, 9.17) is 19.0 Å². The molecule has 10 heteroatoms. The summed E-state index contributed by atoms with van der Waals surface area (Å²) < 4.78 is 41.3. The Hall–Kier alpha value is -2.29. The van der Waals surface area contributed by atoms with E-state index in [0.29, 0.717) is 0 Å². The molecule has 3 atom stereocenters. The summed E-state index contributed by atoms with van der Waals surface area (Å²) in [5, 5.41) is 28.7. The molecule has 29 heavy (non-hydrogen) atoms. The smallest absolute Gasteiger partial charge is 0.426 e. The monoisotopic (exact) mass is 425 g/mol. The van der Waals surface area contributed by atoms with Gasteiger partial charge < -0.3 is 19.7 Å². The van der Waals surface area contributed by atoms with E-state index in [0.717, 1.165) is 0 Å². The van der Waals surface area contributed by atoms with Crippen LogP contribution in [-0.2, 0) is 23.8 Å². The first-order valence-corrected chi connectivity index (χ1v) is 10.5. The first kappa shape index (κ1) is 23.0. The maximum atomic E-state index is 12.6. The van der Waals surface area contributed by atoms with Crippen LogP contribution in [0, 0.1) is 5.39 Å². The van der Waals surface area contributed by atoms with Crippen molar-refractivity contribution in [3.8, 4) is 5.75 Å². The van der Waals surface area contributed by atoms with Crippen LogP contribution in [-0.4, -0.2) is 56.8 Å². The van der Waals surface area contributed by atoms with Gasteiger partial charge in [-0.3, -0.25) is 4.18 Å². The summed E-state index contributed by atoms with van der Waals surface area (Å²) in [6.07, 6.45) is -1.37. The molecule has 2 aromatic rings. The first-order chi connectivity index (χ1) is 13.7. The number of rotatable bonds is 10. The summed E-state index contributed by atoms with van der Waals surface area (Å²) >= 11 is 0. The Kier molecular flexibility index (Phi) is 7.89. The number of phenolic OH excluding ortho intramolecular Hbond substituents is 1. The lowest BCUT2D eigenvalue weighted by Gasteiger charge is -2.18. The highest BCUT2D eigenvalue weighted by Crippen LogP contribution is 2.37. The van der Waals surface area contributed by atoms with Gasteiger partial charge in [0.2, 0.25) is 11.1 Å². The molecule has 0 amide bonds. The van der Waals surface area contributed by atoms with E-state index in [1.54, 1.807) is 20.8 Å². The second-order valence-corrected chi connectivity index (χ2v) is 8.34. The van der Waals surface area contributed by atoms with Crippen LogP contribution in [0.25, 0.3) is 15.7 Å². The Balaban J connectivity index is 2.05. The average Bonchev–Trinajstić information content (AvgIpc) is 2.69. The van der Waals surface area contributed by atoms with Gasteiger partial charge in [0.05, 0.1) is 38.1 Å². The molecule has 0 heterocycles. The largest absolute Gasteiger partial charge is 0.501 e. The lowest BCUT2D eigenvalue weighted by Crippen LogP contribution is -2.26. The van der Waals surface area contributed by atoms with Crippen molar-refractivity contribution in [1.29, 1.82) is 5.39 Å². The van der Waals surface area contributed by atoms with Gasteiger partial charge >= 0.3 is 5.69 Å². The Bertz CT molecular complexity index is 986. The van der Waals surface area contributed by atoms with Gasteiger partial charge in [-0.25, -0.2) is 0 Å². The van der Waals surface area contributed by atoms with Crippen LogP contribution in [0.3, 0.4) is 0 Å². The van der Waals surface area contributed by atoms with Crippen molar-refractivity contribution in [1.82, 2.24) is 0 Å². The van der Waals surface area contributed by atoms with Gasteiger partial charge in [-0.2, -0.15) is 8.42 Å². The van der Waals surface area contributed by atoms with Crippen LogP contribution in [0.5, 0.6) is 5.75 Å². The van der Waals surface area contributed by atoms with Gasteiger partial charge in [0, 0.05) is 16.8 Å². The fourth-order valence-electron chi connectivity index (χ4n) is 2.55. The summed E-state index contributed by atoms with van der Waals surface area (Å²) in [6, 6.07) is 7.07. The first-order valence-electron chi connectivity index (χ1n) is 9.06. The van der Waals surface area contributed by atoms with Crippen LogP contribution >= 0.6 is 0 Å². The molecule has 0 fully saturated rings. The van der Waals surface area contributed by atoms with Gasteiger partial charge in [0.15, 0.2) is 4.98 Å². The number of nitrogens with zero attached hydrogens (tertiary/aromatic N) is 2. The van der Waals surface area contributed by atoms with E-state index >= 15 is 0 Å². The van der Waals surface area contributed by atoms with Gasteiger partial charge in [0.1, 0.15) is 4.90 Å². The minimum atomic E-state index is -4.13. The average molecular weight is 425 g/mol.